The topological polar surface area (TPSA) is 29.5 Å². The summed E-state index contributed by atoms with van der Waals surface area (Å²) in [5.41, 5.74) is 0.155. The summed E-state index contributed by atoms with van der Waals surface area (Å²) < 4.78 is 5.61. The lowest BCUT2D eigenvalue weighted by atomic mass is 9.87. The maximum atomic E-state index is 10.1. The molecule has 0 bridgehead atoms. The van der Waals surface area contributed by atoms with Gasteiger partial charge in [-0.25, -0.2) is 0 Å². The molecule has 13 heavy (non-hydrogen) atoms. The smallest absolute Gasteiger partial charge is 0.125 e. The second kappa shape index (κ2) is 2.74. The van der Waals surface area contributed by atoms with Crippen LogP contribution >= 0.6 is 0 Å². The lowest BCUT2D eigenvalue weighted by Gasteiger charge is -2.34. The molecule has 0 spiro atoms. The normalized spacial score (nSPS) is 32.1. The van der Waals surface area contributed by atoms with Crippen LogP contribution in [-0.4, -0.2) is 11.2 Å². The van der Waals surface area contributed by atoms with E-state index in [1.807, 2.05) is 38.1 Å². The number of rotatable bonds is 0. The molecule has 1 heterocycles. The number of hydrogen-bond acceptors (Lipinski definition) is 2. The first-order valence-electron chi connectivity index (χ1n) is 4.58. The van der Waals surface area contributed by atoms with Crippen LogP contribution in [0.3, 0.4) is 0 Å². The lowest BCUT2D eigenvalue weighted by molar-refractivity contribution is -0.0104. The lowest BCUT2D eigenvalue weighted by Crippen LogP contribution is -2.34. The van der Waals surface area contributed by atoms with Crippen molar-refractivity contribution in [1.29, 1.82) is 0 Å². The Morgan fingerprint density at radius 3 is 2.92 bits per heavy atom. The van der Waals surface area contributed by atoms with Gasteiger partial charge in [-0.2, -0.15) is 0 Å². The Labute approximate surface area is 78.2 Å². The van der Waals surface area contributed by atoms with Crippen molar-refractivity contribution >= 4 is 0 Å². The molecule has 0 amide bonds. The van der Waals surface area contributed by atoms with Crippen LogP contribution in [0.1, 0.15) is 25.8 Å². The molecule has 0 saturated heterocycles. The van der Waals surface area contributed by atoms with E-state index in [9.17, 15) is 5.11 Å². The zero-order chi connectivity index (χ0) is 9.47. The molecule has 1 N–H and O–H groups in total. The van der Waals surface area contributed by atoms with Gasteiger partial charge < -0.3 is 9.84 Å². The average Bonchev–Trinajstić information content (AvgIpc) is 2.02. The highest BCUT2D eigenvalue weighted by Crippen LogP contribution is 2.38. The van der Waals surface area contributed by atoms with Crippen LogP contribution in [-0.2, 0) is 5.60 Å². The van der Waals surface area contributed by atoms with E-state index in [0.717, 1.165) is 11.3 Å². The summed E-state index contributed by atoms with van der Waals surface area (Å²) in [6.07, 6.45) is 0.745. The maximum Gasteiger partial charge on any atom is 0.125 e. The molecule has 1 aromatic rings. The van der Waals surface area contributed by atoms with Crippen molar-refractivity contribution in [3.63, 3.8) is 0 Å². The fourth-order valence-electron chi connectivity index (χ4n) is 1.94. The van der Waals surface area contributed by atoms with E-state index in [4.69, 9.17) is 4.74 Å². The SMILES string of the molecule is CC1CC(C)(O)c2ccccc2O1. The third-order valence-electron chi connectivity index (χ3n) is 2.48. The third kappa shape index (κ3) is 1.42. The Morgan fingerprint density at radius 1 is 1.46 bits per heavy atom. The molecule has 1 aliphatic heterocycles. The zero-order valence-corrected chi connectivity index (χ0v) is 7.95. The monoisotopic (exact) mass is 178 g/mol. The molecule has 0 saturated carbocycles. The van der Waals surface area contributed by atoms with Gasteiger partial charge in [0.15, 0.2) is 0 Å². The van der Waals surface area contributed by atoms with Crippen LogP contribution in [0.2, 0.25) is 0 Å². The van der Waals surface area contributed by atoms with E-state index in [-0.39, 0.29) is 6.10 Å². The molecule has 0 fully saturated rings. The van der Waals surface area contributed by atoms with Crippen molar-refractivity contribution in [3.05, 3.63) is 29.8 Å². The summed E-state index contributed by atoms with van der Waals surface area (Å²) in [6, 6.07) is 7.67. The van der Waals surface area contributed by atoms with E-state index >= 15 is 0 Å². The number of para-hydroxylation sites is 1. The molecular weight excluding hydrogens is 164 g/mol. The number of fused-ring (bicyclic) bond motifs is 1. The molecule has 2 nitrogen and oxygen atoms in total. The molecule has 2 rings (SSSR count). The van der Waals surface area contributed by atoms with Gasteiger partial charge in [0.05, 0.1) is 11.7 Å². The van der Waals surface area contributed by atoms with Crippen LogP contribution < -0.4 is 4.74 Å². The summed E-state index contributed by atoms with van der Waals surface area (Å²) in [5.74, 6) is 0.811. The number of aliphatic hydroxyl groups is 1. The quantitative estimate of drug-likeness (QED) is 0.659. The van der Waals surface area contributed by atoms with Crippen LogP contribution in [0, 0.1) is 0 Å². The van der Waals surface area contributed by atoms with Crippen molar-refractivity contribution in [2.45, 2.75) is 32.0 Å². The Balaban J connectivity index is 2.50. The first-order chi connectivity index (χ1) is 6.09. The average molecular weight is 178 g/mol. The maximum absolute atomic E-state index is 10.1. The van der Waals surface area contributed by atoms with Gasteiger partial charge in [-0.15, -0.1) is 0 Å². The van der Waals surface area contributed by atoms with E-state index in [1.165, 1.54) is 0 Å². The zero-order valence-electron chi connectivity index (χ0n) is 7.95. The highest BCUT2D eigenvalue weighted by atomic mass is 16.5. The molecule has 1 aliphatic rings. The van der Waals surface area contributed by atoms with Gasteiger partial charge in [-0.1, -0.05) is 18.2 Å². The van der Waals surface area contributed by atoms with Crippen molar-refractivity contribution < 1.29 is 9.84 Å². The van der Waals surface area contributed by atoms with Gasteiger partial charge in [0.2, 0.25) is 0 Å². The molecule has 0 radical (unpaired) electrons. The molecule has 1 aromatic carbocycles. The predicted molar refractivity (Wildman–Crippen MR) is 50.7 cm³/mol. The minimum absolute atomic E-state index is 0.0879. The highest BCUT2D eigenvalue weighted by Gasteiger charge is 2.33. The number of ether oxygens (including phenoxy) is 1. The first kappa shape index (κ1) is 8.57. The summed E-state index contributed by atoms with van der Waals surface area (Å²) >= 11 is 0. The Bertz CT molecular complexity index is 318. The predicted octanol–water partition coefficient (Wildman–Crippen LogP) is 2.07. The molecular formula is C11H14O2. The first-order valence-corrected chi connectivity index (χ1v) is 4.58. The Morgan fingerprint density at radius 2 is 2.15 bits per heavy atom. The molecule has 0 aliphatic carbocycles. The van der Waals surface area contributed by atoms with Gasteiger partial charge in [0.1, 0.15) is 5.75 Å². The van der Waals surface area contributed by atoms with Crippen molar-refractivity contribution in [3.8, 4) is 5.75 Å². The highest BCUT2D eigenvalue weighted by molar-refractivity contribution is 5.39. The minimum Gasteiger partial charge on any atom is -0.490 e. The van der Waals surface area contributed by atoms with Crippen LogP contribution in [0.4, 0.5) is 0 Å². The summed E-state index contributed by atoms with van der Waals surface area (Å²) in [4.78, 5) is 0. The number of benzene rings is 1. The number of hydrogen-bond donors (Lipinski definition) is 1. The van der Waals surface area contributed by atoms with Gasteiger partial charge in [-0.3, -0.25) is 0 Å². The van der Waals surface area contributed by atoms with Gasteiger partial charge in [0.25, 0.3) is 0 Å². The van der Waals surface area contributed by atoms with Gasteiger partial charge in [-0.05, 0) is 19.9 Å². The van der Waals surface area contributed by atoms with Crippen molar-refractivity contribution in [2.75, 3.05) is 0 Å². The van der Waals surface area contributed by atoms with E-state index in [1.54, 1.807) is 0 Å². The van der Waals surface area contributed by atoms with Gasteiger partial charge in [0, 0.05) is 12.0 Å². The van der Waals surface area contributed by atoms with E-state index < -0.39 is 5.60 Å². The fourth-order valence-corrected chi connectivity index (χ4v) is 1.94. The summed E-state index contributed by atoms with van der Waals surface area (Å²) in [7, 11) is 0. The van der Waals surface area contributed by atoms with E-state index in [2.05, 4.69) is 0 Å². The minimum atomic E-state index is -0.742. The van der Waals surface area contributed by atoms with Crippen molar-refractivity contribution in [1.82, 2.24) is 0 Å². The fraction of sp³-hybridized carbons (Fsp3) is 0.455. The van der Waals surface area contributed by atoms with Crippen LogP contribution in [0.15, 0.2) is 24.3 Å². The molecule has 0 aromatic heterocycles. The molecule has 2 atom stereocenters. The molecule has 2 unspecified atom stereocenters. The third-order valence-corrected chi connectivity index (χ3v) is 2.48. The van der Waals surface area contributed by atoms with Crippen LogP contribution in [0.5, 0.6) is 5.75 Å². The second-order valence-corrected chi connectivity index (χ2v) is 3.90. The van der Waals surface area contributed by atoms with E-state index in [0.29, 0.717) is 6.42 Å². The Hall–Kier alpha value is -1.02. The molecule has 70 valence electrons. The largest absolute Gasteiger partial charge is 0.490 e. The molecule has 2 heteroatoms. The van der Waals surface area contributed by atoms with Crippen molar-refractivity contribution in [2.24, 2.45) is 0 Å². The van der Waals surface area contributed by atoms with Crippen LogP contribution in [0.25, 0.3) is 0 Å². The van der Waals surface area contributed by atoms with Gasteiger partial charge >= 0.3 is 0 Å². The standard InChI is InChI=1S/C11H14O2/c1-8-7-11(2,12)9-5-3-4-6-10(9)13-8/h3-6,8,12H,7H2,1-2H3. The second-order valence-electron chi connectivity index (χ2n) is 3.90. The summed E-state index contributed by atoms with van der Waals surface area (Å²) in [5, 5.41) is 10.1. The summed E-state index contributed by atoms with van der Waals surface area (Å²) in [6.45, 7) is 3.81. The Kier molecular flexibility index (Phi) is 1.81.